The van der Waals surface area contributed by atoms with Gasteiger partial charge in [0.2, 0.25) is 5.91 Å². The van der Waals surface area contributed by atoms with Crippen molar-refractivity contribution >= 4 is 12.0 Å². The van der Waals surface area contributed by atoms with Crippen LogP contribution in [0.2, 0.25) is 0 Å². The average Bonchev–Trinajstić information content (AvgIpc) is 2.44. The second-order valence-corrected chi connectivity index (χ2v) is 4.10. The van der Waals surface area contributed by atoms with Gasteiger partial charge in [0.15, 0.2) is 6.79 Å². The lowest BCUT2D eigenvalue weighted by molar-refractivity contribution is -0.116. The summed E-state index contributed by atoms with van der Waals surface area (Å²) in [6, 6.07) is 7.46. The Kier molecular flexibility index (Phi) is 7.35. The van der Waals surface area contributed by atoms with Crippen LogP contribution in [-0.2, 0) is 9.53 Å². The SMILES string of the molecule is CCCCNC(=O)/C=C/c1ccc(OCOC)cc1. The molecular formula is C15H21NO3. The van der Waals surface area contributed by atoms with E-state index in [1.165, 1.54) is 0 Å². The molecule has 0 radical (unpaired) electrons. The minimum Gasteiger partial charge on any atom is -0.468 e. The van der Waals surface area contributed by atoms with Crippen LogP contribution in [-0.4, -0.2) is 26.4 Å². The van der Waals surface area contributed by atoms with Crippen LogP contribution in [0.15, 0.2) is 30.3 Å². The van der Waals surface area contributed by atoms with E-state index in [2.05, 4.69) is 12.2 Å². The van der Waals surface area contributed by atoms with Crippen molar-refractivity contribution in [2.75, 3.05) is 20.4 Å². The van der Waals surface area contributed by atoms with Gasteiger partial charge in [-0.2, -0.15) is 0 Å². The molecule has 0 aromatic heterocycles. The highest BCUT2D eigenvalue weighted by Gasteiger charge is 1.95. The Morgan fingerprint density at radius 1 is 1.32 bits per heavy atom. The molecule has 19 heavy (non-hydrogen) atoms. The van der Waals surface area contributed by atoms with Gasteiger partial charge in [-0.1, -0.05) is 25.5 Å². The first-order valence-electron chi connectivity index (χ1n) is 6.44. The Balaban J connectivity index is 2.41. The molecule has 0 bridgehead atoms. The molecule has 0 spiro atoms. The molecule has 1 amide bonds. The highest BCUT2D eigenvalue weighted by atomic mass is 16.7. The molecule has 104 valence electrons. The summed E-state index contributed by atoms with van der Waals surface area (Å²) in [6.45, 7) is 3.05. The maximum absolute atomic E-state index is 11.5. The lowest BCUT2D eigenvalue weighted by atomic mass is 10.2. The summed E-state index contributed by atoms with van der Waals surface area (Å²) < 4.78 is 10.1. The standard InChI is InChI=1S/C15H21NO3/c1-3-4-11-16-15(17)10-7-13-5-8-14(9-6-13)19-12-18-2/h5-10H,3-4,11-12H2,1-2H3,(H,16,17)/b10-7+. The fourth-order valence-corrected chi connectivity index (χ4v) is 1.42. The van der Waals surface area contributed by atoms with Gasteiger partial charge in [-0.15, -0.1) is 0 Å². The van der Waals surface area contributed by atoms with Crippen molar-refractivity contribution in [3.8, 4) is 5.75 Å². The molecule has 1 aromatic carbocycles. The van der Waals surface area contributed by atoms with Crippen LogP contribution in [0.25, 0.3) is 6.08 Å². The summed E-state index contributed by atoms with van der Waals surface area (Å²) in [4.78, 5) is 11.5. The van der Waals surface area contributed by atoms with Crippen molar-refractivity contribution in [2.45, 2.75) is 19.8 Å². The van der Waals surface area contributed by atoms with E-state index < -0.39 is 0 Å². The Labute approximate surface area is 114 Å². The van der Waals surface area contributed by atoms with Gasteiger partial charge in [-0.3, -0.25) is 4.79 Å². The number of nitrogens with one attached hydrogen (secondary N) is 1. The summed E-state index contributed by atoms with van der Waals surface area (Å²) in [7, 11) is 1.58. The number of carbonyl (C=O) groups is 1. The molecule has 4 heteroatoms. The monoisotopic (exact) mass is 263 g/mol. The minimum atomic E-state index is -0.0619. The summed E-state index contributed by atoms with van der Waals surface area (Å²) in [5, 5.41) is 2.83. The third-order valence-corrected chi connectivity index (χ3v) is 2.48. The molecule has 1 aromatic rings. The Hall–Kier alpha value is -1.81. The molecule has 0 fully saturated rings. The number of ether oxygens (including phenoxy) is 2. The maximum Gasteiger partial charge on any atom is 0.243 e. The van der Waals surface area contributed by atoms with Crippen LogP contribution >= 0.6 is 0 Å². The largest absolute Gasteiger partial charge is 0.468 e. The van der Waals surface area contributed by atoms with Crippen LogP contribution in [0.5, 0.6) is 5.75 Å². The van der Waals surface area contributed by atoms with E-state index in [0.29, 0.717) is 0 Å². The zero-order valence-corrected chi connectivity index (χ0v) is 11.5. The molecule has 0 atom stereocenters. The van der Waals surface area contributed by atoms with Crippen LogP contribution < -0.4 is 10.1 Å². The molecule has 4 nitrogen and oxygen atoms in total. The second kappa shape index (κ2) is 9.16. The molecule has 0 aliphatic heterocycles. The van der Waals surface area contributed by atoms with E-state index in [1.807, 2.05) is 24.3 Å². The quantitative estimate of drug-likeness (QED) is 0.445. The fourth-order valence-electron chi connectivity index (χ4n) is 1.42. The van der Waals surface area contributed by atoms with Crippen LogP contribution in [0, 0.1) is 0 Å². The molecule has 0 unspecified atom stereocenters. The van der Waals surface area contributed by atoms with E-state index in [9.17, 15) is 4.79 Å². The summed E-state index contributed by atoms with van der Waals surface area (Å²) in [5.41, 5.74) is 0.954. The van der Waals surface area contributed by atoms with Gasteiger partial charge in [0.1, 0.15) is 5.75 Å². The van der Waals surface area contributed by atoms with Gasteiger partial charge >= 0.3 is 0 Å². The number of hydrogen-bond acceptors (Lipinski definition) is 3. The number of unbranched alkanes of at least 4 members (excludes halogenated alkanes) is 1. The van der Waals surface area contributed by atoms with Gasteiger partial charge in [-0.25, -0.2) is 0 Å². The lowest BCUT2D eigenvalue weighted by Crippen LogP contribution is -2.21. The smallest absolute Gasteiger partial charge is 0.243 e. The zero-order valence-electron chi connectivity index (χ0n) is 11.5. The number of carbonyl (C=O) groups excluding carboxylic acids is 1. The van der Waals surface area contributed by atoms with Gasteiger partial charge in [0.05, 0.1) is 0 Å². The Bertz CT molecular complexity index is 398. The van der Waals surface area contributed by atoms with E-state index in [1.54, 1.807) is 19.3 Å². The zero-order chi connectivity index (χ0) is 13.9. The van der Waals surface area contributed by atoms with Crippen molar-refractivity contribution in [1.82, 2.24) is 5.32 Å². The minimum absolute atomic E-state index is 0.0619. The number of benzene rings is 1. The maximum atomic E-state index is 11.5. The van der Waals surface area contributed by atoms with Crippen LogP contribution in [0.3, 0.4) is 0 Å². The number of rotatable bonds is 8. The average molecular weight is 263 g/mol. The predicted octanol–water partition coefficient (Wildman–Crippen LogP) is 2.60. The lowest BCUT2D eigenvalue weighted by Gasteiger charge is -2.04. The highest BCUT2D eigenvalue weighted by molar-refractivity contribution is 5.91. The van der Waals surface area contributed by atoms with Gasteiger partial charge in [-0.05, 0) is 30.2 Å². The topological polar surface area (TPSA) is 47.6 Å². The first-order valence-corrected chi connectivity index (χ1v) is 6.44. The van der Waals surface area contributed by atoms with Crippen molar-refractivity contribution in [2.24, 2.45) is 0 Å². The number of amides is 1. The third-order valence-electron chi connectivity index (χ3n) is 2.48. The third kappa shape index (κ3) is 6.62. The molecule has 0 heterocycles. The van der Waals surface area contributed by atoms with E-state index in [4.69, 9.17) is 9.47 Å². The van der Waals surface area contributed by atoms with Crippen LogP contribution in [0.1, 0.15) is 25.3 Å². The number of methoxy groups -OCH3 is 1. The van der Waals surface area contributed by atoms with Crippen molar-refractivity contribution < 1.29 is 14.3 Å². The molecule has 0 aliphatic carbocycles. The van der Waals surface area contributed by atoms with Crippen LogP contribution in [0.4, 0.5) is 0 Å². The Morgan fingerprint density at radius 2 is 2.05 bits per heavy atom. The summed E-state index contributed by atoms with van der Waals surface area (Å²) >= 11 is 0. The van der Waals surface area contributed by atoms with E-state index in [-0.39, 0.29) is 12.7 Å². The highest BCUT2D eigenvalue weighted by Crippen LogP contribution is 2.13. The molecule has 0 saturated carbocycles. The van der Waals surface area contributed by atoms with E-state index >= 15 is 0 Å². The second-order valence-electron chi connectivity index (χ2n) is 4.10. The molecular weight excluding hydrogens is 242 g/mol. The van der Waals surface area contributed by atoms with Crippen molar-refractivity contribution in [3.05, 3.63) is 35.9 Å². The van der Waals surface area contributed by atoms with E-state index in [0.717, 1.165) is 30.7 Å². The van der Waals surface area contributed by atoms with Gasteiger partial charge in [0.25, 0.3) is 0 Å². The molecule has 1 N–H and O–H groups in total. The normalized spacial score (nSPS) is 10.6. The molecule has 0 saturated heterocycles. The van der Waals surface area contributed by atoms with Crippen molar-refractivity contribution in [3.63, 3.8) is 0 Å². The van der Waals surface area contributed by atoms with Gasteiger partial charge < -0.3 is 14.8 Å². The Morgan fingerprint density at radius 3 is 2.68 bits per heavy atom. The van der Waals surface area contributed by atoms with Crippen molar-refractivity contribution in [1.29, 1.82) is 0 Å². The predicted molar refractivity (Wildman–Crippen MR) is 75.9 cm³/mol. The fraction of sp³-hybridized carbons (Fsp3) is 0.400. The first-order chi connectivity index (χ1) is 9.26. The summed E-state index contributed by atoms with van der Waals surface area (Å²) in [6.07, 6.45) is 5.40. The molecule has 0 aliphatic rings. The first kappa shape index (κ1) is 15.2. The number of hydrogen-bond donors (Lipinski definition) is 1. The van der Waals surface area contributed by atoms with Gasteiger partial charge in [0, 0.05) is 19.7 Å². The summed E-state index contributed by atoms with van der Waals surface area (Å²) in [5.74, 6) is 0.680. The molecule has 1 rings (SSSR count).